The summed E-state index contributed by atoms with van der Waals surface area (Å²) in [6.45, 7) is 1.16. The average Bonchev–Trinajstić information content (AvgIpc) is 2.87. The van der Waals surface area contributed by atoms with Gasteiger partial charge in [-0.05, 0) is 44.2 Å². The number of aromatic nitrogens is 2. The molecule has 0 amide bonds. The van der Waals surface area contributed by atoms with E-state index in [2.05, 4.69) is 15.3 Å². The van der Waals surface area contributed by atoms with Gasteiger partial charge in [-0.25, -0.2) is 9.97 Å². The van der Waals surface area contributed by atoms with Gasteiger partial charge in [0.1, 0.15) is 5.82 Å². The lowest BCUT2D eigenvalue weighted by Gasteiger charge is -2.09. The first-order chi connectivity index (χ1) is 7.42. The molecule has 80 valence electrons. The van der Waals surface area contributed by atoms with Crippen molar-refractivity contribution in [1.82, 2.24) is 15.3 Å². The van der Waals surface area contributed by atoms with E-state index in [1.165, 1.54) is 36.9 Å². The topological polar surface area (TPSA) is 37.8 Å². The molecule has 2 heterocycles. The summed E-state index contributed by atoms with van der Waals surface area (Å²) >= 11 is 0. The normalized spacial score (nSPS) is 24.4. The molecule has 2 aliphatic rings. The Morgan fingerprint density at radius 3 is 3.20 bits per heavy atom. The molecule has 1 aromatic rings. The molecule has 1 aliphatic heterocycles. The van der Waals surface area contributed by atoms with Crippen LogP contribution in [0.15, 0.2) is 6.20 Å². The Kier molecular flexibility index (Phi) is 2.41. The zero-order chi connectivity index (χ0) is 10.1. The Labute approximate surface area is 90.3 Å². The van der Waals surface area contributed by atoms with Crippen molar-refractivity contribution >= 4 is 0 Å². The molecule has 0 radical (unpaired) electrons. The van der Waals surface area contributed by atoms with Crippen LogP contribution in [0.25, 0.3) is 0 Å². The lowest BCUT2D eigenvalue weighted by Crippen LogP contribution is -2.24. The van der Waals surface area contributed by atoms with Crippen LogP contribution in [-0.2, 0) is 19.3 Å². The smallest absolute Gasteiger partial charge is 0.130 e. The molecule has 1 atom stereocenters. The van der Waals surface area contributed by atoms with Crippen LogP contribution in [0.1, 0.15) is 36.3 Å². The predicted octanol–water partition coefficient (Wildman–Crippen LogP) is 1.26. The highest BCUT2D eigenvalue weighted by molar-refractivity contribution is 5.22. The van der Waals surface area contributed by atoms with Crippen molar-refractivity contribution < 1.29 is 0 Å². The van der Waals surface area contributed by atoms with E-state index in [4.69, 9.17) is 0 Å². The summed E-state index contributed by atoms with van der Waals surface area (Å²) in [6.07, 6.45) is 9.22. The van der Waals surface area contributed by atoms with Crippen LogP contribution in [0, 0.1) is 0 Å². The fraction of sp³-hybridized carbons (Fsp3) is 0.667. The summed E-state index contributed by atoms with van der Waals surface area (Å²) in [6, 6.07) is 0.615. The van der Waals surface area contributed by atoms with E-state index in [-0.39, 0.29) is 0 Å². The Hall–Kier alpha value is -0.960. The number of nitrogens with zero attached hydrogens (tertiary/aromatic N) is 2. The summed E-state index contributed by atoms with van der Waals surface area (Å²) < 4.78 is 0. The van der Waals surface area contributed by atoms with E-state index in [0.717, 1.165) is 25.2 Å². The Bertz CT molecular complexity index is 356. The number of fused-ring (bicyclic) bond motifs is 1. The lowest BCUT2D eigenvalue weighted by molar-refractivity contribution is 0.583. The molecule has 15 heavy (non-hydrogen) atoms. The standard InChI is InChI=1S/C12H17N3/c1-3-9-8-14-12(15-11(9)5-1)7-10-4-2-6-13-10/h8,10,13H,1-7H2. The highest BCUT2D eigenvalue weighted by atomic mass is 15.0. The Morgan fingerprint density at radius 2 is 2.33 bits per heavy atom. The van der Waals surface area contributed by atoms with Gasteiger partial charge in [0.15, 0.2) is 0 Å². The third kappa shape index (κ3) is 1.88. The molecule has 0 saturated carbocycles. The number of nitrogens with one attached hydrogen (secondary N) is 1. The van der Waals surface area contributed by atoms with Crippen LogP contribution in [-0.4, -0.2) is 22.6 Å². The first-order valence-electron chi connectivity index (χ1n) is 5.99. The lowest BCUT2D eigenvalue weighted by atomic mass is 10.1. The highest BCUT2D eigenvalue weighted by Gasteiger charge is 2.18. The van der Waals surface area contributed by atoms with Crippen LogP contribution < -0.4 is 5.32 Å². The Morgan fingerprint density at radius 1 is 1.33 bits per heavy atom. The van der Waals surface area contributed by atoms with Crippen LogP contribution >= 0.6 is 0 Å². The van der Waals surface area contributed by atoms with Gasteiger partial charge in [0.25, 0.3) is 0 Å². The first-order valence-corrected chi connectivity index (χ1v) is 5.99. The summed E-state index contributed by atoms with van der Waals surface area (Å²) in [4.78, 5) is 9.13. The van der Waals surface area contributed by atoms with Gasteiger partial charge in [0, 0.05) is 24.4 Å². The molecule has 0 spiro atoms. The summed E-state index contributed by atoms with van der Waals surface area (Å²) in [5.74, 6) is 1.04. The minimum Gasteiger partial charge on any atom is -0.314 e. The second-order valence-electron chi connectivity index (χ2n) is 4.61. The van der Waals surface area contributed by atoms with Gasteiger partial charge in [-0.15, -0.1) is 0 Å². The molecule has 1 fully saturated rings. The molecule has 0 aromatic carbocycles. The van der Waals surface area contributed by atoms with Gasteiger partial charge in [0.05, 0.1) is 0 Å². The third-order valence-electron chi connectivity index (χ3n) is 3.46. The first kappa shape index (κ1) is 9.28. The SMILES string of the molecule is c1nc(CC2CCCN2)nc2c1CCC2. The fourth-order valence-corrected chi connectivity index (χ4v) is 2.60. The van der Waals surface area contributed by atoms with Crippen molar-refractivity contribution in [3.8, 4) is 0 Å². The van der Waals surface area contributed by atoms with Crippen molar-refractivity contribution in [1.29, 1.82) is 0 Å². The molecule has 3 rings (SSSR count). The van der Waals surface area contributed by atoms with E-state index in [9.17, 15) is 0 Å². The van der Waals surface area contributed by atoms with Crippen molar-refractivity contribution in [2.45, 2.75) is 44.6 Å². The second kappa shape index (κ2) is 3.89. The molecular weight excluding hydrogens is 186 g/mol. The number of rotatable bonds is 2. The van der Waals surface area contributed by atoms with Crippen molar-refractivity contribution in [2.24, 2.45) is 0 Å². The van der Waals surface area contributed by atoms with Crippen molar-refractivity contribution in [3.63, 3.8) is 0 Å². The van der Waals surface area contributed by atoms with Gasteiger partial charge < -0.3 is 5.32 Å². The average molecular weight is 203 g/mol. The van der Waals surface area contributed by atoms with E-state index in [1.807, 2.05) is 6.20 Å². The van der Waals surface area contributed by atoms with Crippen LogP contribution in [0.2, 0.25) is 0 Å². The van der Waals surface area contributed by atoms with Gasteiger partial charge >= 0.3 is 0 Å². The van der Waals surface area contributed by atoms with Gasteiger partial charge in [-0.3, -0.25) is 0 Å². The number of aryl methyl sites for hydroxylation is 2. The zero-order valence-corrected chi connectivity index (χ0v) is 9.00. The van der Waals surface area contributed by atoms with E-state index >= 15 is 0 Å². The maximum absolute atomic E-state index is 4.67. The Balaban J connectivity index is 1.75. The number of hydrogen-bond donors (Lipinski definition) is 1. The molecule has 1 saturated heterocycles. The molecule has 1 aromatic heterocycles. The van der Waals surface area contributed by atoms with Gasteiger partial charge in [-0.2, -0.15) is 0 Å². The third-order valence-corrected chi connectivity index (χ3v) is 3.46. The highest BCUT2D eigenvalue weighted by Crippen LogP contribution is 2.19. The van der Waals surface area contributed by atoms with E-state index in [1.54, 1.807) is 0 Å². The molecule has 1 N–H and O–H groups in total. The molecule has 1 aliphatic carbocycles. The maximum atomic E-state index is 4.67. The summed E-state index contributed by atoms with van der Waals surface area (Å²) in [5, 5.41) is 3.49. The zero-order valence-electron chi connectivity index (χ0n) is 9.00. The summed E-state index contributed by atoms with van der Waals surface area (Å²) in [5.41, 5.74) is 2.68. The molecular formula is C12H17N3. The molecule has 1 unspecified atom stereocenters. The van der Waals surface area contributed by atoms with Crippen molar-refractivity contribution in [2.75, 3.05) is 6.54 Å². The fourth-order valence-electron chi connectivity index (χ4n) is 2.60. The van der Waals surface area contributed by atoms with Gasteiger partial charge in [0.2, 0.25) is 0 Å². The quantitative estimate of drug-likeness (QED) is 0.786. The maximum Gasteiger partial charge on any atom is 0.130 e. The largest absolute Gasteiger partial charge is 0.314 e. The minimum absolute atomic E-state index is 0.615. The summed E-state index contributed by atoms with van der Waals surface area (Å²) in [7, 11) is 0. The minimum atomic E-state index is 0.615. The van der Waals surface area contributed by atoms with Crippen LogP contribution in [0.5, 0.6) is 0 Å². The van der Waals surface area contributed by atoms with E-state index in [0.29, 0.717) is 6.04 Å². The second-order valence-corrected chi connectivity index (χ2v) is 4.61. The van der Waals surface area contributed by atoms with Gasteiger partial charge in [-0.1, -0.05) is 0 Å². The predicted molar refractivity (Wildman–Crippen MR) is 58.8 cm³/mol. The van der Waals surface area contributed by atoms with Crippen molar-refractivity contribution in [3.05, 3.63) is 23.3 Å². The molecule has 3 nitrogen and oxygen atoms in total. The molecule has 0 bridgehead atoms. The van der Waals surface area contributed by atoms with E-state index < -0.39 is 0 Å². The van der Waals surface area contributed by atoms with Crippen LogP contribution in [0.3, 0.4) is 0 Å². The number of hydrogen-bond acceptors (Lipinski definition) is 3. The monoisotopic (exact) mass is 203 g/mol. The molecule has 3 heteroatoms. The van der Waals surface area contributed by atoms with Crippen LogP contribution in [0.4, 0.5) is 0 Å².